The van der Waals surface area contributed by atoms with Crippen LogP contribution >= 0.6 is 11.3 Å². The lowest BCUT2D eigenvalue weighted by Gasteiger charge is -2.16. The first-order valence-electron chi connectivity index (χ1n) is 20.8. The molecular weight excluding hydrogens is 773 g/mol. The molecule has 0 spiro atoms. The van der Waals surface area contributed by atoms with Crippen molar-refractivity contribution >= 4 is 53.3 Å². The van der Waals surface area contributed by atoms with Crippen LogP contribution in [0.4, 0.5) is 0 Å². The summed E-state index contributed by atoms with van der Waals surface area (Å²) in [4.78, 5) is 15.8. The van der Waals surface area contributed by atoms with Gasteiger partial charge in [-0.2, -0.15) is 0 Å². The standard InChI is InChI=1S/C57H36N4S/c1-4-15-37(16-5-1)41-28-31-51-48(34-41)45-23-10-12-25-50(45)61(51)52-36-43(38-17-6-2-7-18-38)27-30-47(52)57-59-55(39-19-8-3-9-20-39)58-56(60-57)44-22-14-21-40(33-44)42-29-32-54-49(35-42)46-24-11-13-26-53(46)62-54/h1-36H. The van der Waals surface area contributed by atoms with Crippen LogP contribution in [0.3, 0.4) is 0 Å². The second-order valence-corrected chi connectivity index (χ2v) is 16.7. The lowest BCUT2D eigenvalue weighted by Crippen LogP contribution is -2.04. The maximum Gasteiger partial charge on any atom is 0.166 e. The van der Waals surface area contributed by atoms with Crippen molar-refractivity contribution in [2.45, 2.75) is 0 Å². The van der Waals surface area contributed by atoms with E-state index in [4.69, 9.17) is 15.0 Å². The molecule has 0 bridgehead atoms. The Morgan fingerprint density at radius 2 is 0.790 bits per heavy atom. The van der Waals surface area contributed by atoms with Crippen LogP contribution in [0, 0.1) is 0 Å². The summed E-state index contributed by atoms with van der Waals surface area (Å²) < 4.78 is 4.97. The van der Waals surface area contributed by atoms with E-state index in [2.05, 4.69) is 205 Å². The maximum atomic E-state index is 5.37. The molecule has 0 aliphatic heterocycles. The average molecular weight is 809 g/mol. The van der Waals surface area contributed by atoms with E-state index in [1.54, 1.807) is 0 Å². The first-order valence-corrected chi connectivity index (χ1v) is 21.7. The maximum absolute atomic E-state index is 5.37. The zero-order valence-corrected chi connectivity index (χ0v) is 34.3. The summed E-state index contributed by atoms with van der Waals surface area (Å²) in [5.41, 5.74) is 12.8. The Kier molecular flexibility index (Phi) is 8.65. The van der Waals surface area contributed by atoms with Crippen LogP contribution in [0.2, 0.25) is 0 Å². The molecule has 3 heterocycles. The van der Waals surface area contributed by atoms with Crippen molar-refractivity contribution in [2.24, 2.45) is 0 Å². The highest BCUT2D eigenvalue weighted by atomic mass is 32.1. The number of thiophene rings is 1. The third kappa shape index (κ3) is 6.26. The molecule has 0 fully saturated rings. The summed E-state index contributed by atoms with van der Waals surface area (Å²) in [6, 6.07) is 77.6. The van der Waals surface area contributed by atoms with E-state index in [9.17, 15) is 0 Å². The van der Waals surface area contributed by atoms with E-state index < -0.39 is 0 Å². The summed E-state index contributed by atoms with van der Waals surface area (Å²) in [6.45, 7) is 0. The quantitative estimate of drug-likeness (QED) is 0.161. The number of rotatable bonds is 7. The number of para-hydroxylation sites is 1. The Labute approximate surface area is 362 Å². The first-order chi connectivity index (χ1) is 30.7. The van der Waals surface area contributed by atoms with Gasteiger partial charge in [0.15, 0.2) is 17.5 Å². The molecule has 0 saturated carbocycles. The van der Waals surface area contributed by atoms with Gasteiger partial charge in [0.2, 0.25) is 0 Å². The minimum atomic E-state index is 0.604. The molecule has 9 aromatic carbocycles. The van der Waals surface area contributed by atoms with Gasteiger partial charge in [-0.05, 0) is 88.0 Å². The van der Waals surface area contributed by atoms with E-state index in [0.717, 1.165) is 55.7 Å². The Morgan fingerprint density at radius 1 is 0.290 bits per heavy atom. The highest BCUT2D eigenvalue weighted by molar-refractivity contribution is 7.25. The van der Waals surface area contributed by atoms with E-state index in [1.165, 1.54) is 42.1 Å². The lowest BCUT2D eigenvalue weighted by molar-refractivity contribution is 1.06. The molecule has 0 unspecified atom stereocenters. The number of hydrogen-bond acceptors (Lipinski definition) is 4. The second kappa shape index (κ2) is 14.9. The molecule has 290 valence electrons. The molecule has 0 saturated heterocycles. The van der Waals surface area contributed by atoms with Gasteiger partial charge in [0.05, 0.1) is 16.7 Å². The molecule has 12 rings (SSSR count). The van der Waals surface area contributed by atoms with Crippen molar-refractivity contribution in [1.29, 1.82) is 0 Å². The summed E-state index contributed by atoms with van der Waals surface area (Å²) >= 11 is 1.84. The van der Waals surface area contributed by atoms with Crippen LogP contribution in [0.15, 0.2) is 218 Å². The third-order valence-electron chi connectivity index (χ3n) is 11.9. The number of aromatic nitrogens is 4. The molecule has 62 heavy (non-hydrogen) atoms. The minimum Gasteiger partial charge on any atom is -0.308 e. The third-order valence-corrected chi connectivity index (χ3v) is 13.0. The van der Waals surface area contributed by atoms with Crippen LogP contribution < -0.4 is 0 Å². The second-order valence-electron chi connectivity index (χ2n) is 15.6. The molecule has 3 aromatic heterocycles. The van der Waals surface area contributed by atoms with Gasteiger partial charge >= 0.3 is 0 Å². The van der Waals surface area contributed by atoms with E-state index in [-0.39, 0.29) is 0 Å². The Morgan fingerprint density at radius 3 is 1.56 bits per heavy atom. The van der Waals surface area contributed by atoms with Crippen molar-refractivity contribution in [3.63, 3.8) is 0 Å². The average Bonchev–Trinajstić information content (AvgIpc) is 3.89. The van der Waals surface area contributed by atoms with Crippen LogP contribution in [0.25, 0.3) is 115 Å². The Bertz CT molecular complexity index is 3630. The van der Waals surface area contributed by atoms with Gasteiger partial charge in [-0.25, -0.2) is 15.0 Å². The minimum absolute atomic E-state index is 0.604. The smallest absolute Gasteiger partial charge is 0.166 e. The fraction of sp³-hybridized carbons (Fsp3) is 0. The molecule has 0 amide bonds. The molecule has 0 N–H and O–H groups in total. The molecule has 0 aliphatic carbocycles. The van der Waals surface area contributed by atoms with Gasteiger partial charge in [0.1, 0.15) is 0 Å². The predicted octanol–water partition coefficient (Wildman–Crippen LogP) is 15.3. The molecule has 0 atom stereocenters. The highest BCUT2D eigenvalue weighted by Crippen LogP contribution is 2.41. The van der Waals surface area contributed by atoms with Crippen molar-refractivity contribution in [3.05, 3.63) is 218 Å². The predicted molar refractivity (Wildman–Crippen MR) is 260 cm³/mol. The monoisotopic (exact) mass is 808 g/mol. The van der Waals surface area contributed by atoms with E-state index in [0.29, 0.717) is 17.5 Å². The summed E-state index contributed by atoms with van der Waals surface area (Å²) in [5, 5.41) is 4.93. The number of benzene rings is 9. The Hall–Kier alpha value is -7.99. The van der Waals surface area contributed by atoms with Crippen molar-refractivity contribution in [2.75, 3.05) is 0 Å². The summed E-state index contributed by atoms with van der Waals surface area (Å²) in [7, 11) is 0. The SMILES string of the molecule is c1ccc(-c2ccc(-c3nc(-c4ccccc4)nc(-c4cccc(-c5ccc6sc7ccccc7c6c5)c4)n3)c(-n3c4ccccc4c4cc(-c5ccccc5)ccc43)c2)cc1. The van der Waals surface area contributed by atoms with E-state index in [1.807, 2.05) is 29.5 Å². The fourth-order valence-electron chi connectivity index (χ4n) is 8.84. The molecule has 4 nitrogen and oxygen atoms in total. The van der Waals surface area contributed by atoms with Crippen LogP contribution in [0.1, 0.15) is 0 Å². The van der Waals surface area contributed by atoms with Crippen molar-refractivity contribution < 1.29 is 0 Å². The van der Waals surface area contributed by atoms with E-state index >= 15 is 0 Å². The molecule has 0 aliphatic rings. The van der Waals surface area contributed by atoms with Gasteiger partial charge in [-0.1, -0.05) is 164 Å². The fourth-order valence-corrected chi connectivity index (χ4v) is 9.93. The first kappa shape index (κ1) is 35.9. The van der Waals surface area contributed by atoms with Gasteiger partial charge in [0.25, 0.3) is 0 Å². The summed E-state index contributed by atoms with van der Waals surface area (Å²) in [6.07, 6.45) is 0. The summed E-state index contributed by atoms with van der Waals surface area (Å²) in [5.74, 6) is 1.84. The van der Waals surface area contributed by atoms with Gasteiger partial charge in [0, 0.05) is 47.6 Å². The topological polar surface area (TPSA) is 43.6 Å². The largest absolute Gasteiger partial charge is 0.308 e. The highest BCUT2D eigenvalue weighted by Gasteiger charge is 2.21. The van der Waals surface area contributed by atoms with Crippen molar-refractivity contribution in [1.82, 2.24) is 19.5 Å². The van der Waals surface area contributed by atoms with Crippen LogP contribution in [-0.4, -0.2) is 19.5 Å². The molecular formula is C57H36N4S. The Balaban J connectivity index is 1.07. The normalized spacial score (nSPS) is 11.5. The lowest BCUT2D eigenvalue weighted by atomic mass is 10.00. The zero-order valence-electron chi connectivity index (χ0n) is 33.5. The molecule has 12 aromatic rings. The van der Waals surface area contributed by atoms with Gasteiger partial charge in [-0.3, -0.25) is 0 Å². The number of fused-ring (bicyclic) bond motifs is 6. The molecule has 0 radical (unpaired) electrons. The van der Waals surface area contributed by atoms with Gasteiger partial charge < -0.3 is 4.57 Å². The van der Waals surface area contributed by atoms with Crippen molar-refractivity contribution in [3.8, 4) is 73.2 Å². The molecule has 5 heteroatoms. The van der Waals surface area contributed by atoms with Crippen LogP contribution in [0.5, 0.6) is 0 Å². The number of nitrogens with zero attached hydrogens (tertiary/aromatic N) is 4. The number of hydrogen-bond donors (Lipinski definition) is 0. The zero-order chi connectivity index (χ0) is 41.0. The van der Waals surface area contributed by atoms with Crippen LogP contribution in [-0.2, 0) is 0 Å². The van der Waals surface area contributed by atoms with Gasteiger partial charge in [-0.15, -0.1) is 11.3 Å².